The molecule has 0 aliphatic heterocycles. The third-order valence-electron chi connectivity index (χ3n) is 3.45. The third kappa shape index (κ3) is 3.55. The predicted molar refractivity (Wildman–Crippen MR) is 88.4 cm³/mol. The summed E-state index contributed by atoms with van der Waals surface area (Å²) in [5, 5.41) is 2.11. The van der Waals surface area contributed by atoms with Gasteiger partial charge in [0.1, 0.15) is 5.75 Å². The molecular weight excluding hydrogens is 308 g/mol. The van der Waals surface area contributed by atoms with Gasteiger partial charge in [-0.3, -0.25) is 20.4 Å². The maximum atomic E-state index is 12.0. The Kier molecular flexibility index (Phi) is 4.47. The summed E-state index contributed by atoms with van der Waals surface area (Å²) in [6.07, 6.45) is 0.602. The van der Waals surface area contributed by atoms with Gasteiger partial charge in [0, 0.05) is 0 Å². The van der Waals surface area contributed by atoms with Crippen molar-refractivity contribution in [2.24, 2.45) is 0 Å². The first-order chi connectivity index (χ1) is 11.6. The highest BCUT2D eigenvalue weighted by Gasteiger charge is 2.16. The van der Waals surface area contributed by atoms with Crippen LogP contribution in [0.1, 0.15) is 17.5 Å². The van der Waals surface area contributed by atoms with Gasteiger partial charge in [-0.05, 0) is 42.0 Å². The van der Waals surface area contributed by atoms with E-state index in [1.54, 1.807) is 19.1 Å². The maximum absolute atomic E-state index is 12.0. The normalized spacial score (nSPS) is 11.7. The molecule has 0 aliphatic carbocycles. The lowest BCUT2D eigenvalue weighted by atomic mass is 10.1. The van der Waals surface area contributed by atoms with E-state index < -0.39 is 17.9 Å². The minimum atomic E-state index is -0.775. The molecule has 0 spiro atoms. The smallest absolute Gasteiger partial charge is 0.305 e. The van der Waals surface area contributed by atoms with E-state index in [1.807, 2.05) is 36.4 Å². The molecule has 0 unspecified atom stereocenters. The highest BCUT2D eigenvalue weighted by atomic mass is 16.5. The Morgan fingerprint density at radius 1 is 1.00 bits per heavy atom. The SMILES string of the molecule is C[C@@H](Oc1ccc2ccccc2c1)C(=O)NNC(=O)c1ccco1. The molecule has 0 bridgehead atoms. The molecule has 2 N–H and O–H groups in total. The molecule has 1 aromatic heterocycles. The van der Waals surface area contributed by atoms with Crippen molar-refractivity contribution in [2.45, 2.75) is 13.0 Å². The van der Waals surface area contributed by atoms with Crippen LogP contribution in [-0.4, -0.2) is 17.9 Å². The summed E-state index contributed by atoms with van der Waals surface area (Å²) in [4.78, 5) is 23.7. The molecule has 122 valence electrons. The van der Waals surface area contributed by atoms with Crippen molar-refractivity contribution in [3.63, 3.8) is 0 Å². The van der Waals surface area contributed by atoms with Crippen LogP contribution in [-0.2, 0) is 4.79 Å². The molecule has 3 aromatic rings. The van der Waals surface area contributed by atoms with E-state index >= 15 is 0 Å². The quantitative estimate of drug-likeness (QED) is 0.723. The number of amides is 2. The van der Waals surface area contributed by atoms with E-state index in [0.717, 1.165) is 10.8 Å². The number of nitrogens with one attached hydrogen (secondary N) is 2. The van der Waals surface area contributed by atoms with Crippen LogP contribution in [0.2, 0.25) is 0 Å². The Balaban J connectivity index is 1.57. The molecular formula is C18H16N2O4. The van der Waals surface area contributed by atoms with E-state index in [4.69, 9.17) is 9.15 Å². The number of hydrazine groups is 1. The summed E-state index contributed by atoms with van der Waals surface area (Å²) in [5.74, 6) is -0.318. The monoisotopic (exact) mass is 324 g/mol. The summed E-state index contributed by atoms with van der Waals surface area (Å²) in [6, 6.07) is 16.5. The number of benzene rings is 2. The van der Waals surface area contributed by atoms with E-state index in [-0.39, 0.29) is 5.76 Å². The molecule has 6 heteroatoms. The highest BCUT2D eigenvalue weighted by Crippen LogP contribution is 2.21. The largest absolute Gasteiger partial charge is 0.481 e. The minimum Gasteiger partial charge on any atom is -0.481 e. The van der Waals surface area contributed by atoms with E-state index in [0.29, 0.717) is 5.75 Å². The molecule has 6 nitrogen and oxygen atoms in total. The Morgan fingerprint density at radius 3 is 2.54 bits per heavy atom. The number of hydrogen-bond acceptors (Lipinski definition) is 4. The van der Waals surface area contributed by atoms with Crippen molar-refractivity contribution in [3.8, 4) is 5.75 Å². The van der Waals surface area contributed by atoms with Crippen LogP contribution in [0.5, 0.6) is 5.75 Å². The molecule has 0 saturated heterocycles. The highest BCUT2D eigenvalue weighted by molar-refractivity contribution is 5.93. The lowest BCUT2D eigenvalue weighted by Gasteiger charge is -2.15. The lowest BCUT2D eigenvalue weighted by molar-refractivity contribution is -0.128. The Bertz CT molecular complexity index is 858. The summed E-state index contributed by atoms with van der Waals surface area (Å²) in [6.45, 7) is 1.60. The van der Waals surface area contributed by atoms with Crippen molar-refractivity contribution in [2.75, 3.05) is 0 Å². The summed E-state index contributed by atoms with van der Waals surface area (Å²) in [5.41, 5.74) is 4.57. The van der Waals surface area contributed by atoms with Gasteiger partial charge in [0.25, 0.3) is 5.91 Å². The molecule has 0 radical (unpaired) electrons. The van der Waals surface area contributed by atoms with Crippen molar-refractivity contribution in [3.05, 3.63) is 66.6 Å². The predicted octanol–water partition coefficient (Wildman–Crippen LogP) is 2.66. The lowest BCUT2D eigenvalue weighted by Crippen LogP contribution is -2.47. The first-order valence-electron chi connectivity index (χ1n) is 7.42. The van der Waals surface area contributed by atoms with Gasteiger partial charge in [-0.15, -0.1) is 0 Å². The van der Waals surface area contributed by atoms with Gasteiger partial charge in [0.2, 0.25) is 0 Å². The number of fused-ring (bicyclic) bond motifs is 1. The number of carbonyl (C=O) groups excluding carboxylic acids is 2. The van der Waals surface area contributed by atoms with E-state index in [1.165, 1.54) is 12.3 Å². The fraction of sp³-hybridized carbons (Fsp3) is 0.111. The van der Waals surface area contributed by atoms with Gasteiger partial charge in [0.05, 0.1) is 6.26 Å². The van der Waals surface area contributed by atoms with Gasteiger partial charge in [-0.1, -0.05) is 30.3 Å². The number of rotatable bonds is 4. The Labute approximate surface area is 138 Å². The van der Waals surface area contributed by atoms with Crippen LogP contribution in [0.15, 0.2) is 65.3 Å². The van der Waals surface area contributed by atoms with Crippen LogP contribution < -0.4 is 15.6 Å². The molecule has 2 aromatic carbocycles. The van der Waals surface area contributed by atoms with Gasteiger partial charge >= 0.3 is 5.91 Å². The zero-order chi connectivity index (χ0) is 16.9. The van der Waals surface area contributed by atoms with Crippen molar-refractivity contribution in [1.82, 2.24) is 10.9 Å². The van der Waals surface area contributed by atoms with Gasteiger partial charge in [-0.25, -0.2) is 0 Å². The fourth-order valence-corrected chi connectivity index (χ4v) is 2.19. The second kappa shape index (κ2) is 6.87. The van der Waals surface area contributed by atoms with Crippen LogP contribution in [0.4, 0.5) is 0 Å². The van der Waals surface area contributed by atoms with Gasteiger partial charge in [-0.2, -0.15) is 0 Å². The average Bonchev–Trinajstić information content (AvgIpc) is 3.14. The maximum Gasteiger partial charge on any atom is 0.305 e. The number of hydrogen-bond donors (Lipinski definition) is 2. The van der Waals surface area contributed by atoms with Crippen molar-refractivity contribution >= 4 is 22.6 Å². The summed E-state index contributed by atoms with van der Waals surface area (Å²) in [7, 11) is 0. The number of furan rings is 1. The Hall–Kier alpha value is -3.28. The topological polar surface area (TPSA) is 80.6 Å². The average molecular weight is 324 g/mol. The van der Waals surface area contributed by atoms with Gasteiger partial charge < -0.3 is 9.15 Å². The Morgan fingerprint density at radius 2 is 1.79 bits per heavy atom. The molecule has 1 atom stereocenters. The second-order valence-corrected chi connectivity index (χ2v) is 5.19. The van der Waals surface area contributed by atoms with Crippen LogP contribution >= 0.6 is 0 Å². The fourth-order valence-electron chi connectivity index (χ4n) is 2.19. The molecule has 0 fully saturated rings. The van der Waals surface area contributed by atoms with Crippen molar-refractivity contribution in [1.29, 1.82) is 0 Å². The number of carbonyl (C=O) groups is 2. The zero-order valence-corrected chi connectivity index (χ0v) is 13.0. The molecule has 1 heterocycles. The van der Waals surface area contributed by atoms with Gasteiger partial charge in [0.15, 0.2) is 11.9 Å². The zero-order valence-electron chi connectivity index (χ0n) is 13.0. The molecule has 24 heavy (non-hydrogen) atoms. The third-order valence-corrected chi connectivity index (χ3v) is 3.45. The molecule has 2 amide bonds. The summed E-state index contributed by atoms with van der Waals surface area (Å²) >= 11 is 0. The van der Waals surface area contributed by atoms with Crippen molar-refractivity contribution < 1.29 is 18.7 Å². The van der Waals surface area contributed by atoms with Crippen LogP contribution in [0.3, 0.4) is 0 Å². The second-order valence-electron chi connectivity index (χ2n) is 5.19. The van der Waals surface area contributed by atoms with E-state index in [9.17, 15) is 9.59 Å². The first kappa shape index (κ1) is 15.6. The molecule has 3 rings (SSSR count). The van der Waals surface area contributed by atoms with E-state index in [2.05, 4.69) is 10.9 Å². The molecule has 0 aliphatic rings. The first-order valence-corrected chi connectivity index (χ1v) is 7.42. The minimum absolute atomic E-state index is 0.110. The van der Waals surface area contributed by atoms with Crippen LogP contribution in [0.25, 0.3) is 10.8 Å². The summed E-state index contributed by atoms with van der Waals surface area (Å²) < 4.78 is 10.6. The number of ether oxygens (including phenoxy) is 1. The molecule has 0 saturated carbocycles. The standard InChI is InChI=1S/C18H16N2O4/c1-12(17(21)19-20-18(22)16-7-4-10-23-16)24-15-9-8-13-5-2-3-6-14(13)11-15/h2-12H,1H3,(H,19,21)(H,20,22)/t12-/m1/s1. The van der Waals surface area contributed by atoms with Crippen LogP contribution in [0, 0.1) is 0 Å².